The van der Waals surface area contributed by atoms with E-state index in [2.05, 4.69) is 76.2 Å². The molecule has 60 heavy (non-hydrogen) atoms. The Balaban J connectivity index is 0.000000199. The van der Waals surface area contributed by atoms with E-state index in [1.54, 1.807) is 6.92 Å². The Bertz CT molecular complexity index is 1430. The summed E-state index contributed by atoms with van der Waals surface area (Å²) in [5.41, 5.74) is 1.72. The molecule has 0 amide bonds. The average molecular weight is 837 g/mol. The maximum Gasteiger partial charge on any atom is 0.302 e. The molecule has 0 aromatic carbocycles. The van der Waals surface area contributed by atoms with Gasteiger partial charge in [0.05, 0.1) is 6.10 Å². The third-order valence-electron chi connectivity index (χ3n) is 22.5. The lowest BCUT2D eigenvalue weighted by molar-refractivity contribution is -0.213. The molecule has 348 valence electrons. The van der Waals surface area contributed by atoms with E-state index in [1.165, 1.54) is 109 Å². The number of carbonyl (C=O) groups is 1. The Morgan fingerprint density at radius 1 is 0.617 bits per heavy atom. The Kier molecular flexibility index (Phi) is 15.2. The zero-order chi connectivity index (χ0) is 42.8. The molecule has 8 aliphatic rings. The number of fused-ring (bicyclic) bond motifs is 10. The van der Waals surface area contributed by atoms with Gasteiger partial charge < -0.3 is 14.9 Å². The highest BCUT2D eigenvalue weighted by Gasteiger charge is 2.67. The standard InChI is InChI=1S/C28H48O3.C27H48O.CH4/c1-7-20-24-16-17(2)10-13-28(24,6)23-11-14-27(5)21(18(3)12-15-29)8-9-22(27)25(23)26(20)31-19(4)30;1-7-9-18(4)20-10-11-21-24-22(13-15-26(20,21)5)27(6)14-12-17(3)16-23(27)19(8-2)25(24)28;/h17-18,20-26,29H,7-16H2,1-6H3;17-25,28H,7-16H2,1-6H3;1H4/t17-,18-,20-,21-,22?,23?,24+,25?,26-,27-,28-;17-,18-,19-,20-,21?,22?,23+,24?,25-,26-,27-;/m11./s1. The highest BCUT2D eigenvalue weighted by molar-refractivity contribution is 5.66. The number of aliphatic hydroxyl groups is 2. The molecule has 0 aliphatic heterocycles. The summed E-state index contributed by atoms with van der Waals surface area (Å²) in [6, 6.07) is 0. The molecule has 4 nitrogen and oxygen atoms in total. The van der Waals surface area contributed by atoms with Gasteiger partial charge in [-0.3, -0.25) is 4.79 Å². The van der Waals surface area contributed by atoms with Gasteiger partial charge in [0, 0.05) is 19.4 Å². The van der Waals surface area contributed by atoms with Gasteiger partial charge in [-0.2, -0.15) is 0 Å². The summed E-state index contributed by atoms with van der Waals surface area (Å²) in [5, 5.41) is 21.4. The first-order valence-electron chi connectivity index (χ1n) is 26.4. The van der Waals surface area contributed by atoms with Crippen molar-refractivity contribution in [3.05, 3.63) is 0 Å². The number of carbonyl (C=O) groups excluding carboxylic acids is 1. The van der Waals surface area contributed by atoms with E-state index in [-0.39, 0.29) is 25.6 Å². The second-order valence-electron chi connectivity index (χ2n) is 25.0. The molecule has 0 saturated heterocycles. The molecule has 0 radical (unpaired) electrons. The molecule has 22 atom stereocenters. The molecule has 0 aromatic heterocycles. The van der Waals surface area contributed by atoms with Crippen LogP contribution < -0.4 is 0 Å². The van der Waals surface area contributed by atoms with Crippen molar-refractivity contribution in [2.24, 2.45) is 116 Å². The van der Waals surface area contributed by atoms with Gasteiger partial charge in [0.1, 0.15) is 6.10 Å². The van der Waals surface area contributed by atoms with Crippen LogP contribution in [0.1, 0.15) is 213 Å². The van der Waals surface area contributed by atoms with Crippen molar-refractivity contribution in [1.82, 2.24) is 0 Å². The first-order valence-corrected chi connectivity index (χ1v) is 26.4. The van der Waals surface area contributed by atoms with Gasteiger partial charge in [-0.25, -0.2) is 0 Å². The molecule has 0 bridgehead atoms. The minimum Gasteiger partial charge on any atom is -0.462 e. The summed E-state index contributed by atoms with van der Waals surface area (Å²) in [6.45, 7) is 29.2. The van der Waals surface area contributed by atoms with Crippen LogP contribution in [0.2, 0.25) is 0 Å². The lowest BCUT2D eigenvalue weighted by atomic mass is 9.41. The van der Waals surface area contributed by atoms with Crippen LogP contribution in [0.4, 0.5) is 0 Å². The van der Waals surface area contributed by atoms with Gasteiger partial charge in [-0.1, -0.05) is 116 Å². The molecular weight excluding hydrogens is 737 g/mol. The highest BCUT2D eigenvalue weighted by Crippen LogP contribution is 2.72. The molecule has 4 heteroatoms. The average Bonchev–Trinajstić information content (AvgIpc) is 3.73. The van der Waals surface area contributed by atoms with Gasteiger partial charge in [-0.15, -0.1) is 0 Å². The third kappa shape index (κ3) is 7.96. The van der Waals surface area contributed by atoms with Crippen molar-refractivity contribution in [3.63, 3.8) is 0 Å². The van der Waals surface area contributed by atoms with Gasteiger partial charge in [0.2, 0.25) is 0 Å². The van der Waals surface area contributed by atoms with E-state index in [9.17, 15) is 15.0 Å². The predicted octanol–water partition coefficient (Wildman–Crippen LogP) is 14.4. The molecule has 2 N–H and O–H groups in total. The number of aliphatic hydroxyl groups excluding tert-OH is 2. The summed E-state index contributed by atoms with van der Waals surface area (Å²) in [5.74, 6) is 11.1. The van der Waals surface area contributed by atoms with Gasteiger partial charge >= 0.3 is 5.97 Å². The first kappa shape index (κ1) is 48.8. The maximum absolute atomic E-state index is 12.3. The molecule has 8 rings (SSSR count). The molecule has 0 aromatic rings. The number of hydrogen-bond acceptors (Lipinski definition) is 4. The Hall–Kier alpha value is -0.610. The molecular formula is C56H100O4. The first-order chi connectivity index (χ1) is 27.9. The lowest BCUT2D eigenvalue weighted by Crippen LogP contribution is -2.62. The van der Waals surface area contributed by atoms with Crippen LogP contribution in [-0.2, 0) is 9.53 Å². The van der Waals surface area contributed by atoms with Crippen LogP contribution in [0.5, 0.6) is 0 Å². The fourth-order valence-corrected chi connectivity index (χ4v) is 19.7. The zero-order valence-electron chi connectivity index (χ0n) is 40.7. The van der Waals surface area contributed by atoms with E-state index in [4.69, 9.17) is 4.74 Å². The molecule has 6 unspecified atom stereocenters. The van der Waals surface area contributed by atoms with Gasteiger partial charge in [-0.05, 0) is 200 Å². The van der Waals surface area contributed by atoms with E-state index >= 15 is 0 Å². The van der Waals surface area contributed by atoms with Crippen LogP contribution >= 0.6 is 0 Å². The molecule has 8 saturated carbocycles. The van der Waals surface area contributed by atoms with Crippen molar-refractivity contribution in [2.45, 2.75) is 225 Å². The van der Waals surface area contributed by atoms with Crippen LogP contribution in [0.3, 0.4) is 0 Å². The van der Waals surface area contributed by atoms with Crippen molar-refractivity contribution in [3.8, 4) is 0 Å². The zero-order valence-corrected chi connectivity index (χ0v) is 40.7. The smallest absolute Gasteiger partial charge is 0.302 e. The number of rotatable bonds is 9. The second kappa shape index (κ2) is 18.7. The van der Waals surface area contributed by atoms with Crippen LogP contribution in [0.15, 0.2) is 0 Å². The number of esters is 1. The van der Waals surface area contributed by atoms with Crippen LogP contribution in [0.25, 0.3) is 0 Å². The summed E-state index contributed by atoms with van der Waals surface area (Å²) >= 11 is 0. The van der Waals surface area contributed by atoms with Crippen LogP contribution in [-0.4, -0.2) is 35.0 Å². The highest BCUT2D eigenvalue weighted by atomic mass is 16.5. The summed E-state index contributed by atoms with van der Waals surface area (Å²) < 4.78 is 6.31. The fraction of sp³-hybridized carbons (Fsp3) is 0.982. The Labute approximate surface area is 372 Å². The maximum atomic E-state index is 12.3. The topological polar surface area (TPSA) is 66.8 Å². The van der Waals surface area contributed by atoms with Gasteiger partial charge in [0.15, 0.2) is 0 Å². The van der Waals surface area contributed by atoms with E-state index in [0.29, 0.717) is 81.5 Å². The fourth-order valence-electron chi connectivity index (χ4n) is 19.7. The summed E-state index contributed by atoms with van der Waals surface area (Å²) in [6.07, 6.45) is 25.1. The molecule has 8 fully saturated rings. The van der Waals surface area contributed by atoms with Gasteiger partial charge in [0.25, 0.3) is 0 Å². The summed E-state index contributed by atoms with van der Waals surface area (Å²) in [7, 11) is 0. The predicted molar refractivity (Wildman–Crippen MR) is 251 cm³/mol. The SMILES string of the molecule is C.CCC[C@@H](C)[C@H]1CCC2C3C(CC[C@@]21C)[C@@]1(C)CC[C@@H](C)C[C@H]1[C@@H](CC)[C@H]3O.CC[C@H]1[C@@H](OC(C)=O)C2C3CC[C@H]([C@H](C)CCO)[C@@]3(C)CCC2[C@@]2(C)CC[C@@H](C)C[C@@H]12. The Morgan fingerprint density at radius 2 is 1.05 bits per heavy atom. The minimum atomic E-state index is -0.0786. The third-order valence-corrected chi connectivity index (χ3v) is 22.5. The lowest BCUT2D eigenvalue weighted by Gasteiger charge is -2.65. The summed E-state index contributed by atoms with van der Waals surface area (Å²) in [4.78, 5) is 12.3. The largest absolute Gasteiger partial charge is 0.462 e. The molecule has 0 spiro atoms. The molecule has 8 aliphatic carbocycles. The normalized spacial score (nSPS) is 51.4. The van der Waals surface area contributed by atoms with Crippen LogP contribution in [0, 0.1) is 116 Å². The van der Waals surface area contributed by atoms with E-state index in [0.717, 1.165) is 54.3 Å². The number of hydrogen-bond donors (Lipinski definition) is 2. The quantitative estimate of drug-likeness (QED) is 0.227. The van der Waals surface area contributed by atoms with Crippen molar-refractivity contribution in [1.29, 1.82) is 0 Å². The van der Waals surface area contributed by atoms with E-state index < -0.39 is 0 Å². The second-order valence-corrected chi connectivity index (χ2v) is 25.0. The monoisotopic (exact) mass is 837 g/mol. The van der Waals surface area contributed by atoms with Crippen molar-refractivity contribution >= 4 is 5.97 Å². The van der Waals surface area contributed by atoms with E-state index in [1.807, 2.05) is 0 Å². The van der Waals surface area contributed by atoms with Crippen molar-refractivity contribution < 1.29 is 19.7 Å². The number of ether oxygens (including phenoxy) is 1. The van der Waals surface area contributed by atoms with Crippen molar-refractivity contribution in [2.75, 3.05) is 6.61 Å². The minimum absolute atomic E-state index is 0. The molecule has 0 heterocycles. The Morgan fingerprint density at radius 3 is 1.52 bits per heavy atom.